The lowest BCUT2D eigenvalue weighted by atomic mass is 10.1. The SMILES string of the molecule is CCOc1ccc(NC(=O)c2cc(C)ccc2C)cc1S(=O)(=O)N1CCOCC1. The first-order valence-corrected chi connectivity index (χ1v) is 11.0. The van der Waals surface area contributed by atoms with E-state index in [9.17, 15) is 13.2 Å². The number of aryl methyl sites for hydroxylation is 2. The highest BCUT2D eigenvalue weighted by molar-refractivity contribution is 7.89. The Morgan fingerprint density at radius 1 is 1.14 bits per heavy atom. The van der Waals surface area contributed by atoms with Crippen LogP contribution in [0, 0.1) is 13.8 Å². The molecule has 1 aliphatic heterocycles. The monoisotopic (exact) mass is 418 g/mol. The van der Waals surface area contributed by atoms with Gasteiger partial charge >= 0.3 is 0 Å². The Morgan fingerprint density at radius 2 is 1.86 bits per heavy atom. The lowest BCUT2D eigenvalue weighted by Crippen LogP contribution is -2.40. The van der Waals surface area contributed by atoms with Crippen LogP contribution in [0.3, 0.4) is 0 Å². The molecule has 1 heterocycles. The number of carbonyl (C=O) groups excluding carboxylic acids is 1. The van der Waals surface area contributed by atoms with Crippen LogP contribution < -0.4 is 10.1 Å². The zero-order valence-corrected chi connectivity index (χ0v) is 17.7. The molecule has 1 aliphatic rings. The molecule has 3 rings (SSSR count). The van der Waals surface area contributed by atoms with Crippen LogP contribution in [-0.4, -0.2) is 51.5 Å². The average molecular weight is 419 g/mol. The van der Waals surface area contributed by atoms with Crippen molar-refractivity contribution in [3.8, 4) is 5.75 Å². The van der Waals surface area contributed by atoms with Crippen LogP contribution >= 0.6 is 0 Å². The number of sulfonamides is 1. The molecule has 1 amide bonds. The second kappa shape index (κ2) is 8.94. The minimum absolute atomic E-state index is 0.0417. The van der Waals surface area contributed by atoms with E-state index in [1.54, 1.807) is 19.1 Å². The molecule has 0 aliphatic carbocycles. The Bertz CT molecular complexity index is 998. The highest BCUT2D eigenvalue weighted by atomic mass is 32.2. The van der Waals surface area contributed by atoms with E-state index in [2.05, 4.69) is 5.32 Å². The van der Waals surface area contributed by atoms with Crippen molar-refractivity contribution in [2.24, 2.45) is 0 Å². The number of anilines is 1. The van der Waals surface area contributed by atoms with E-state index in [1.807, 2.05) is 32.0 Å². The fourth-order valence-corrected chi connectivity index (χ4v) is 4.73. The Labute approximate surface area is 171 Å². The molecule has 0 spiro atoms. The highest BCUT2D eigenvalue weighted by Crippen LogP contribution is 2.31. The smallest absolute Gasteiger partial charge is 0.255 e. The predicted octanol–water partition coefficient (Wildman–Crippen LogP) is 2.98. The molecule has 1 saturated heterocycles. The summed E-state index contributed by atoms with van der Waals surface area (Å²) in [5, 5.41) is 2.81. The van der Waals surface area contributed by atoms with Gasteiger partial charge in [-0.05, 0) is 50.6 Å². The quantitative estimate of drug-likeness (QED) is 0.780. The van der Waals surface area contributed by atoms with Gasteiger partial charge in [0.1, 0.15) is 10.6 Å². The number of nitrogens with zero attached hydrogens (tertiary/aromatic N) is 1. The van der Waals surface area contributed by atoms with Gasteiger partial charge in [0, 0.05) is 24.3 Å². The first-order valence-electron chi connectivity index (χ1n) is 9.56. The van der Waals surface area contributed by atoms with Gasteiger partial charge in [-0.3, -0.25) is 4.79 Å². The van der Waals surface area contributed by atoms with Crippen molar-refractivity contribution >= 4 is 21.6 Å². The number of hydrogen-bond donors (Lipinski definition) is 1. The number of carbonyl (C=O) groups is 1. The summed E-state index contributed by atoms with van der Waals surface area (Å²) in [4.78, 5) is 12.8. The highest BCUT2D eigenvalue weighted by Gasteiger charge is 2.30. The minimum Gasteiger partial charge on any atom is -0.492 e. The van der Waals surface area contributed by atoms with Gasteiger partial charge < -0.3 is 14.8 Å². The van der Waals surface area contributed by atoms with Crippen molar-refractivity contribution in [1.29, 1.82) is 0 Å². The molecule has 29 heavy (non-hydrogen) atoms. The third-order valence-electron chi connectivity index (χ3n) is 4.73. The van der Waals surface area contributed by atoms with Crippen molar-refractivity contribution in [3.05, 3.63) is 53.1 Å². The van der Waals surface area contributed by atoms with E-state index >= 15 is 0 Å². The van der Waals surface area contributed by atoms with Crippen molar-refractivity contribution in [3.63, 3.8) is 0 Å². The van der Waals surface area contributed by atoms with Gasteiger partial charge in [-0.2, -0.15) is 4.31 Å². The van der Waals surface area contributed by atoms with Crippen LogP contribution in [-0.2, 0) is 14.8 Å². The standard InChI is InChI=1S/C21H26N2O5S/c1-4-28-19-8-7-17(22-21(24)18-13-15(2)5-6-16(18)3)14-20(19)29(25,26)23-9-11-27-12-10-23/h5-8,13-14H,4,9-12H2,1-3H3,(H,22,24). The van der Waals surface area contributed by atoms with E-state index < -0.39 is 10.0 Å². The predicted molar refractivity (Wildman–Crippen MR) is 111 cm³/mol. The van der Waals surface area contributed by atoms with Gasteiger partial charge in [-0.15, -0.1) is 0 Å². The third-order valence-corrected chi connectivity index (χ3v) is 6.65. The summed E-state index contributed by atoms with van der Waals surface area (Å²) in [5.74, 6) is -0.0196. The summed E-state index contributed by atoms with van der Waals surface area (Å²) in [6.07, 6.45) is 0. The van der Waals surface area contributed by atoms with Crippen molar-refractivity contribution in [1.82, 2.24) is 4.31 Å². The number of amides is 1. The molecule has 1 N–H and O–H groups in total. The van der Waals surface area contributed by atoms with Gasteiger partial charge in [-0.1, -0.05) is 17.7 Å². The number of nitrogens with one attached hydrogen (secondary N) is 1. The van der Waals surface area contributed by atoms with E-state index in [1.165, 1.54) is 10.4 Å². The molecule has 0 radical (unpaired) electrons. The average Bonchev–Trinajstić information content (AvgIpc) is 2.71. The van der Waals surface area contributed by atoms with Crippen LogP contribution in [0.1, 0.15) is 28.4 Å². The maximum Gasteiger partial charge on any atom is 0.255 e. The number of morpholine rings is 1. The molecule has 2 aromatic rings. The van der Waals surface area contributed by atoms with Crippen molar-refractivity contribution < 1.29 is 22.7 Å². The molecular weight excluding hydrogens is 392 g/mol. The molecule has 0 saturated carbocycles. The lowest BCUT2D eigenvalue weighted by Gasteiger charge is -2.27. The van der Waals surface area contributed by atoms with Gasteiger partial charge in [0.05, 0.1) is 19.8 Å². The molecule has 8 heteroatoms. The Balaban J connectivity index is 1.94. The topological polar surface area (TPSA) is 84.9 Å². The largest absolute Gasteiger partial charge is 0.492 e. The van der Waals surface area contributed by atoms with Gasteiger partial charge in [0.25, 0.3) is 5.91 Å². The zero-order chi connectivity index (χ0) is 21.0. The molecule has 0 aromatic heterocycles. The molecule has 156 valence electrons. The maximum atomic E-state index is 13.2. The molecule has 1 fully saturated rings. The summed E-state index contributed by atoms with van der Waals surface area (Å²) in [7, 11) is -3.78. The summed E-state index contributed by atoms with van der Waals surface area (Å²) in [6, 6.07) is 10.3. The van der Waals surface area contributed by atoms with Crippen LogP contribution in [0.5, 0.6) is 5.75 Å². The van der Waals surface area contributed by atoms with Crippen molar-refractivity contribution in [2.75, 3.05) is 38.2 Å². The van der Waals surface area contributed by atoms with Crippen LogP contribution in [0.4, 0.5) is 5.69 Å². The molecule has 0 bridgehead atoms. The summed E-state index contributed by atoms with van der Waals surface area (Å²) >= 11 is 0. The molecule has 0 unspecified atom stereocenters. The number of benzene rings is 2. The summed E-state index contributed by atoms with van der Waals surface area (Å²) < 4.78 is 38.5. The van der Waals surface area contributed by atoms with E-state index in [-0.39, 0.29) is 29.6 Å². The normalized spacial score (nSPS) is 15.1. The molecule has 2 aromatic carbocycles. The molecule has 7 nitrogen and oxygen atoms in total. The Kier molecular flexibility index (Phi) is 6.56. The maximum absolute atomic E-state index is 13.2. The summed E-state index contributed by atoms with van der Waals surface area (Å²) in [6.45, 7) is 7.18. The van der Waals surface area contributed by atoms with Crippen LogP contribution in [0.2, 0.25) is 0 Å². The van der Waals surface area contributed by atoms with E-state index in [0.29, 0.717) is 31.1 Å². The number of ether oxygens (including phenoxy) is 2. The Morgan fingerprint density at radius 3 is 2.55 bits per heavy atom. The van der Waals surface area contributed by atoms with Gasteiger partial charge in [-0.25, -0.2) is 8.42 Å². The lowest BCUT2D eigenvalue weighted by molar-refractivity contribution is 0.0729. The fourth-order valence-electron chi connectivity index (χ4n) is 3.17. The van der Waals surface area contributed by atoms with Gasteiger partial charge in [0.15, 0.2) is 0 Å². The second-order valence-electron chi connectivity index (χ2n) is 6.88. The molecular formula is C21H26N2O5S. The van der Waals surface area contributed by atoms with Crippen LogP contribution in [0.25, 0.3) is 0 Å². The second-order valence-corrected chi connectivity index (χ2v) is 8.79. The number of rotatable bonds is 6. The molecule has 0 atom stereocenters. The fraction of sp³-hybridized carbons (Fsp3) is 0.381. The Hall–Kier alpha value is -2.42. The summed E-state index contributed by atoms with van der Waals surface area (Å²) in [5.41, 5.74) is 2.77. The zero-order valence-electron chi connectivity index (χ0n) is 16.9. The van der Waals surface area contributed by atoms with E-state index in [0.717, 1.165) is 11.1 Å². The minimum atomic E-state index is -3.78. The van der Waals surface area contributed by atoms with Crippen LogP contribution in [0.15, 0.2) is 41.3 Å². The van der Waals surface area contributed by atoms with Crippen molar-refractivity contribution in [2.45, 2.75) is 25.7 Å². The first-order chi connectivity index (χ1) is 13.8. The first kappa shape index (κ1) is 21.3. The van der Waals surface area contributed by atoms with Gasteiger partial charge in [0.2, 0.25) is 10.0 Å². The third kappa shape index (κ3) is 4.77. The van der Waals surface area contributed by atoms with E-state index in [4.69, 9.17) is 9.47 Å². The number of hydrogen-bond acceptors (Lipinski definition) is 5.